The van der Waals surface area contributed by atoms with E-state index in [0.29, 0.717) is 0 Å². The van der Waals surface area contributed by atoms with Gasteiger partial charge in [0, 0.05) is 6.20 Å². The summed E-state index contributed by atoms with van der Waals surface area (Å²) in [6.07, 6.45) is 6.07. The van der Waals surface area contributed by atoms with E-state index in [0.717, 1.165) is 23.6 Å². The van der Waals surface area contributed by atoms with Crippen molar-refractivity contribution in [2.24, 2.45) is 0 Å². The molecule has 77 valence electrons. The molecule has 1 radical (unpaired) electrons. The molecule has 0 fully saturated rings. The van der Waals surface area contributed by atoms with Crippen LogP contribution in [0.25, 0.3) is 0 Å². The van der Waals surface area contributed by atoms with Gasteiger partial charge < -0.3 is 0 Å². The quantitative estimate of drug-likeness (QED) is 0.511. The highest BCUT2D eigenvalue weighted by atomic mass is 32.2. The number of thioether (sulfide) groups is 1. The van der Waals surface area contributed by atoms with Gasteiger partial charge in [0.05, 0.1) is 11.6 Å². The molecular formula is C11H16NOS. The number of hydrogen-bond donors (Lipinski definition) is 0. The van der Waals surface area contributed by atoms with E-state index in [1.165, 1.54) is 12.8 Å². The molecule has 0 saturated heterocycles. The highest BCUT2D eigenvalue weighted by Gasteiger charge is 1.94. The number of rotatable bonds is 7. The zero-order valence-electron chi connectivity index (χ0n) is 8.32. The maximum absolute atomic E-state index is 10.2. The molecule has 0 unspecified atom stereocenters. The molecular weight excluding hydrogens is 194 g/mol. The molecule has 0 aliphatic rings. The van der Waals surface area contributed by atoms with Crippen LogP contribution in [0.5, 0.6) is 0 Å². The van der Waals surface area contributed by atoms with Gasteiger partial charge in [0.1, 0.15) is 0 Å². The molecule has 0 atom stereocenters. The van der Waals surface area contributed by atoms with Crippen LogP contribution in [-0.2, 0) is 5.11 Å². The summed E-state index contributed by atoms with van der Waals surface area (Å²) in [4.78, 5) is 4.23. The van der Waals surface area contributed by atoms with Gasteiger partial charge in [-0.3, -0.25) is 0 Å². The zero-order valence-corrected chi connectivity index (χ0v) is 9.13. The largest absolute Gasteiger partial charge is 0.250 e. The highest BCUT2D eigenvalue weighted by Crippen LogP contribution is 2.16. The van der Waals surface area contributed by atoms with Crippen LogP contribution < -0.4 is 0 Å². The minimum atomic E-state index is 0.0768. The Hall–Kier alpha value is -0.540. The van der Waals surface area contributed by atoms with Crippen molar-refractivity contribution in [3.8, 4) is 0 Å². The topological polar surface area (TPSA) is 32.8 Å². The van der Waals surface area contributed by atoms with E-state index in [1.807, 2.05) is 24.4 Å². The zero-order chi connectivity index (χ0) is 10.1. The van der Waals surface area contributed by atoms with E-state index in [9.17, 15) is 5.11 Å². The van der Waals surface area contributed by atoms with Crippen molar-refractivity contribution in [2.45, 2.75) is 30.7 Å². The number of pyridine rings is 1. The molecule has 1 heterocycles. The number of hydrogen-bond acceptors (Lipinski definition) is 2. The summed E-state index contributed by atoms with van der Waals surface area (Å²) in [5, 5.41) is 11.3. The van der Waals surface area contributed by atoms with Gasteiger partial charge in [-0.05, 0) is 30.7 Å². The summed E-state index contributed by atoms with van der Waals surface area (Å²) in [7, 11) is 0. The molecule has 0 aromatic carbocycles. The van der Waals surface area contributed by atoms with Crippen LogP contribution in [-0.4, -0.2) is 17.3 Å². The number of aromatic nitrogens is 1. The van der Waals surface area contributed by atoms with Gasteiger partial charge in [0.2, 0.25) is 0 Å². The minimum absolute atomic E-state index is 0.0768. The molecule has 0 aliphatic carbocycles. The predicted molar refractivity (Wildman–Crippen MR) is 59.0 cm³/mol. The third-order valence-electron chi connectivity index (χ3n) is 1.93. The fraction of sp³-hybridized carbons (Fsp3) is 0.545. The summed E-state index contributed by atoms with van der Waals surface area (Å²) >= 11 is 1.79. The average molecular weight is 210 g/mol. The minimum Gasteiger partial charge on any atom is -0.250 e. The normalized spacial score (nSPS) is 10.4. The maximum atomic E-state index is 10.2. The van der Waals surface area contributed by atoms with Gasteiger partial charge in [0.15, 0.2) is 0 Å². The third kappa shape index (κ3) is 5.25. The van der Waals surface area contributed by atoms with Crippen molar-refractivity contribution >= 4 is 11.8 Å². The Morgan fingerprint density at radius 1 is 1.14 bits per heavy atom. The molecule has 0 N–H and O–H groups in total. The van der Waals surface area contributed by atoms with Crippen LogP contribution in [0.2, 0.25) is 0 Å². The summed E-state index contributed by atoms with van der Waals surface area (Å²) in [6, 6.07) is 5.97. The van der Waals surface area contributed by atoms with Gasteiger partial charge in [-0.25, -0.2) is 10.1 Å². The molecule has 14 heavy (non-hydrogen) atoms. The van der Waals surface area contributed by atoms with Gasteiger partial charge in [0.25, 0.3) is 0 Å². The Kier molecular flexibility index (Phi) is 6.45. The number of unbranched alkanes of at least 4 members (excludes halogenated alkanes) is 3. The fourth-order valence-corrected chi connectivity index (χ4v) is 2.03. The second kappa shape index (κ2) is 7.83. The standard InChI is InChI=1S/C11H16NOS/c13-9-5-1-2-6-10-14-11-7-3-4-8-12-11/h3-4,7-8H,1-2,5-6,9-10H2. The first-order valence-electron chi connectivity index (χ1n) is 5.05. The SMILES string of the molecule is [O]CCCCCCSc1ccccn1. The van der Waals surface area contributed by atoms with Crippen LogP contribution >= 0.6 is 11.8 Å². The molecule has 1 aromatic rings. The first-order chi connectivity index (χ1) is 6.93. The molecule has 0 amide bonds. The molecule has 0 aliphatic heterocycles. The van der Waals surface area contributed by atoms with Crippen molar-refractivity contribution in [1.82, 2.24) is 4.98 Å². The summed E-state index contributed by atoms with van der Waals surface area (Å²) in [5.74, 6) is 1.11. The van der Waals surface area contributed by atoms with Crippen molar-refractivity contribution < 1.29 is 5.11 Å². The Balaban J connectivity index is 1.99. The summed E-state index contributed by atoms with van der Waals surface area (Å²) in [6.45, 7) is 0.0768. The monoisotopic (exact) mass is 210 g/mol. The number of nitrogens with zero attached hydrogens (tertiary/aromatic N) is 1. The lowest BCUT2D eigenvalue weighted by molar-refractivity contribution is 0.186. The Bertz CT molecular complexity index is 228. The first kappa shape index (κ1) is 11.5. The second-order valence-corrected chi connectivity index (χ2v) is 4.25. The average Bonchev–Trinajstić information content (AvgIpc) is 2.25. The van der Waals surface area contributed by atoms with Gasteiger partial charge in [-0.2, -0.15) is 0 Å². The molecule has 0 bridgehead atoms. The van der Waals surface area contributed by atoms with Gasteiger partial charge in [-0.1, -0.05) is 18.9 Å². The van der Waals surface area contributed by atoms with Crippen LogP contribution in [0.3, 0.4) is 0 Å². The molecule has 2 nitrogen and oxygen atoms in total. The summed E-state index contributed by atoms with van der Waals surface area (Å²) < 4.78 is 0. The van der Waals surface area contributed by atoms with Crippen LogP contribution in [0.4, 0.5) is 0 Å². The van der Waals surface area contributed by atoms with E-state index in [2.05, 4.69) is 4.98 Å². The van der Waals surface area contributed by atoms with Crippen molar-refractivity contribution in [3.63, 3.8) is 0 Å². The first-order valence-corrected chi connectivity index (χ1v) is 6.04. The molecule has 0 spiro atoms. The van der Waals surface area contributed by atoms with E-state index in [1.54, 1.807) is 11.8 Å². The van der Waals surface area contributed by atoms with E-state index < -0.39 is 0 Å². The summed E-state index contributed by atoms with van der Waals surface area (Å²) in [5.41, 5.74) is 0. The Morgan fingerprint density at radius 3 is 2.71 bits per heavy atom. The lowest BCUT2D eigenvalue weighted by atomic mass is 10.2. The van der Waals surface area contributed by atoms with Crippen LogP contribution in [0.1, 0.15) is 25.7 Å². The second-order valence-electron chi connectivity index (χ2n) is 3.13. The molecule has 1 aromatic heterocycles. The van der Waals surface area contributed by atoms with Crippen molar-refractivity contribution in [1.29, 1.82) is 0 Å². The lowest BCUT2D eigenvalue weighted by Gasteiger charge is -1.99. The highest BCUT2D eigenvalue weighted by molar-refractivity contribution is 7.99. The van der Waals surface area contributed by atoms with Crippen LogP contribution in [0, 0.1) is 0 Å². The molecule has 0 saturated carbocycles. The van der Waals surface area contributed by atoms with Crippen molar-refractivity contribution in [2.75, 3.05) is 12.4 Å². The van der Waals surface area contributed by atoms with Gasteiger partial charge >= 0.3 is 0 Å². The lowest BCUT2D eigenvalue weighted by Crippen LogP contribution is -1.85. The molecule has 1 rings (SSSR count). The van der Waals surface area contributed by atoms with Crippen LogP contribution in [0.15, 0.2) is 29.4 Å². The third-order valence-corrected chi connectivity index (χ3v) is 2.96. The Morgan fingerprint density at radius 2 is 2.00 bits per heavy atom. The Labute approximate surface area is 89.8 Å². The van der Waals surface area contributed by atoms with E-state index in [-0.39, 0.29) is 6.61 Å². The molecule has 3 heteroatoms. The van der Waals surface area contributed by atoms with E-state index >= 15 is 0 Å². The smallest absolute Gasteiger partial charge is 0.0959 e. The van der Waals surface area contributed by atoms with Gasteiger partial charge in [-0.15, -0.1) is 11.8 Å². The van der Waals surface area contributed by atoms with Crippen molar-refractivity contribution in [3.05, 3.63) is 24.4 Å². The fourth-order valence-electron chi connectivity index (χ4n) is 1.17. The van der Waals surface area contributed by atoms with E-state index in [4.69, 9.17) is 0 Å². The maximum Gasteiger partial charge on any atom is 0.0959 e. The predicted octanol–water partition coefficient (Wildman–Crippen LogP) is 3.16.